The lowest BCUT2D eigenvalue weighted by Gasteiger charge is -2.01. The Kier molecular flexibility index (Phi) is 2.80. The number of halogens is 2. The molecule has 7 heteroatoms. The molecule has 0 aliphatic rings. The SMILES string of the molecule is NC(=O)c1c(Br)ccc([N+](=O)[O-])c1F. The molecule has 1 aromatic rings. The van der Waals surface area contributed by atoms with Crippen molar-refractivity contribution >= 4 is 27.5 Å². The Labute approximate surface area is 86.0 Å². The van der Waals surface area contributed by atoms with E-state index in [9.17, 15) is 19.3 Å². The van der Waals surface area contributed by atoms with E-state index in [4.69, 9.17) is 5.73 Å². The number of nitro benzene ring substituents is 1. The van der Waals surface area contributed by atoms with Gasteiger partial charge in [0.15, 0.2) is 0 Å². The summed E-state index contributed by atoms with van der Waals surface area (Å²) in [5.41, 5.74) is 3.56. The first-order chi connectivity index (χ1) is 6.45. The van der Waals surface area contributed by atoms with Crippen molar-refractivity contribution < 1.29 is 14.1 Å². The van der Waals surface area contributed by atoms with Crippen LogP contribution in [0.25, 0.3) is 0 Å². The molecule has 1 aromatic carbocycles. The Morgan fingerprint density at radius 2 is 2.14 bits per heavy atom. The molecular weight excluding hydrogens is 259 g/mol. The van der Waals surface area contributed by atoms with Gasteiger partial charge in [-0.3, -0.25) is 14.9 Å². The highest BCUT2D eigenvalue weighted by molar-refractivity contribution is 9.10. The van der Waals surface area contributed by atoms with Gasteiger partial charge in [0.2, 0.25) is 5.82 Å². The maximum atomic E-state index is 13.3. The lowest BCUT2D eigenvalue weighted by Crippen LogP contribution is -2.15. The van der Waals surface area contributed by atoms with Gasteiger partial charge in [-0.15, -0.1) is 0 Å². The minimum absolute atomic E-state index is 0.0908. The summed E-state index contributed by atoms with van der Waals surface area (Å²) in [6.45, 7) is 0. The number of benzene rings is 1. The molecule has 0 aromatic heterocycles. The van der Waals surface area contributed by atoms with Crippen molar-refractivity contribution in [1.82, 2.24) is 0 Å². The summed E-state index contributed by atoms with van der Waals surface area (Å²) >= 11 is 2.87. The summed E-state index contributed by atoms with van der Waals surface area (Å²) in [6.07, 6.45) is 0. The third-order valence-electron chi connectivity index (χ3n) is 1.51. The van der Waals surface area contributed by atoms with Gasteiger partial charge >= 0.3 is 5.69 Å². The zero-order valence-corrected chi connectivity index (χ0v) is 8.25. The van der Waals surface area contributed by atoms with Crippen LogP contribution in [0.15, 0.2) is 16.6 Å². The van der Waals surface area contributed by atoms with Crippen LogP contribution in [-0.4, -0.2) is 10.8 Å². The molecular formula is C7H4BrFN2O3. The van der Waals surface area contributed by atoms with Crippen molar-refractivity contribution in [2.75, 3.05) is 0 Å². The molecule has 0 spiro atoms. The van der Waals surface area contributed by atoms with Crippen molar-refractivity contribution in [3.05, 3.63) is 38.1 Å². The lowest BCUT2D eigenvalue weighted by atomic mass is 10.2. The summed E-state index contributed by atoms with van der Waals surface area (Å²) < 4.78 is 13.4. The average Bonchev–Trinajstić information content (AvgIpc) is 2.02. The Morgan fingerprint density at radius 3 is 2.57 bits per heavy atom. The normalized spacial score (nSPS) is 9.86. The third-order valence-corrected chi connectivity index (χ3v) is 2.17. The van der Waals surface area contributed by atoms with Crippen LogP contribution in [0.5, 0.6) is 0 Å². The van der Waals surface area contributed by atoms with Gasteiger partial charge in [-0.25, -0.2) is 0 Å². The first kappa shape index (κ1) is 10.6. The second kappa shape index (κ2) is 3.70. The lowest BCUT2D eigenvalue weighted by molar-refractivity contribution is -0.387. The molecule has 0 saturated heterocycles. The maximum absolute atomic E-state index is 13.3. The van der Waals surface area contributed by atoms with E-state index in [0.29, 0.717) is 0 Å². The summed E-state index contributed by atoms with van der Waals surface area (Å²) in [7, 11) is 0. The minimum Gasteiger partial charge on any atom is -0.365 e. The molecule has 1 amide bonds. The number of carbonyl (C=O) groups is 1. The van der Waals surface area contributed by atoms with E-state index < -0.39 is 27.9 Å². The van der Waals surface area contributed by atoms with Gasteiger partial charge in [0.25, 0.3) is 5.91 Å². The molecule has 0 fully saturated rings. The number of hydrogen-bond donors (Lipinski definition) is 1. The molecule has 0 atom stereocenters. The van der Waals surface area contributed by atoms with Gasteiger partial charge in [-0.2, -0.15) is 4.39 Å². The van der Waals surface area contributed by atoms with Crippen LogP contribution in [0.1, 0.15) is 10.4 Å². The van der Waals surface area contributed by atoms with Gasteiger partial charge in [0.1, 0.15) is 0 Å². The van der Waals surface area contributed by atoms with Crippen molar-refractivity contribution in [3.8, 4) is 0 Å². The summed E-state index contributed by atoms with van der Waals surface area (Å²) in [5, 5.41) is 10.3. The molecule has 74 valence electrons. The minimum atomic E-state index is -1.23. The van der Waals surface area contributed by atoms with Crippen LogP contribution < -0.4 is 5.73 Å². The van der Waals surface area contributed by atoms with Gasteiger partial charge in [-0.05, 0) is 22.0 Å². The van der Waals surface area contributed by atoms with E-state index in [2.05, 4.69) is 15.9 Å². The zero-order chi connectivity index (χ0) is 10.9. The highest BCUT2D eigenvalue weighted by Crippen LogP contribution is 2.26. The van der Waals surface area contributed by atoms with Crippen molar-refractivity contribution in [2.45, 2.75) is 0 Å². The summed E-state index contributed by atoms with van der Waals surface area (Å²) in [5.74, 6) is -2.28. The fourth-order valence-corrected chi connectivity index (χ4v) is 1.41. The predicted octanol–water partition coefficient (Wildman–Crippen LogP) is 1.60. The standard InChI is InChI=1S/C7H4BrFN2O3/c8-3-1-2-4(11(13)14)6(9)5(3)7(10)12/h1-2H,(H2,10,12). The fraction of sp³-hybridized carbons (Fsp3) is 0. The molecule has 0 radical (unpaired) electrons. The molecule has 0 aliphatic carbocycles. The Hall–Kier alpha value is -1.50. The van der Waals surface area contributed by atoms with Crippen LogP contribution in [0.3, 0.4) is 0 Å². The van der Waals surface area contributed by atoms with E-state index in [0.717, 1.165) is 6.07 Å². The second-order valence-corrected chi connectivity index (χ2v) is 3.23. The van der Waals surface area contributed by atoms with E-state index in [1.165, 1.54) is 6.07 Å². The molecule has 5 nitrogen and oxygen atoms in total. The molecule has 1 rings (SSSR count). The molecule has 2 N–H and O–H groups in total. The Balaban J connectivity index is 3.49. The first-order valence-corrected chi connectivity index (χ1v) is 4.16. The smallest absolute Gasteiger partial charge is 0.305 e. The van der Waals surface area contributed by atoms with Crippen LogP contribution in [0, 0.1) is 15.9 Å². The number of rotatable bonds is 2. The number of nitro groups is 1. The van der Waals surface area contributed by atoms with Crippen molar-refractivity contribution in [1.29, 1.82) is 0 Å². The molecule has 0 unspecified atom stereocenters. The molecule has 0 bridgehead atoms. The molecule has 0 heterocycles. The number of amides is 1. The van der Waals surface area contributed by atoms with E-state index in [-0.39, 0.29) is 4.47 Å². The largest absolute Gasteiger partial charge is 0.365 e. The first-order valence-electron chi connectivity index (χ1n) is 3.37. The average molecular weight is 263 g/mol. The number of primary amides is 1. The zero-order valence-electron chi connectivity index (χ0n) is 6.66. The fourth-order valence-electron chi connectivity index (χ4n) is 0.908. The molecule has 14 heavy (non-hydrogen) atoms. The monoisotopic (exact) mass is 262 g/mol. The van der Waals surface area contributed by atoms with Crippen LogP contribution >= 0.6 is 15.9 Å². The predicted molar refractivity (Wildman–Crippen MR) is 49.3 cm³/mol. The maximum Gasteiger partial charge on any atom is 0.305 e. The molecule has 0 aliphatic heterocycles. The van der Waals surface area contributed by atoms with Crippen LogP contribution in [0.4, 0.5) is 10.1 Å². The Morgan fingerprint density at radius 1 is 1.57 bits per heavy atom. The number of nitrogens with zero attached hydrogens (tertiary/aromatic N) is 1. The third kappa shape index (κ3) is 1.72. The topological polar surface area (TPSA) is 86.2 Å². The molecule has 0 saturated carbocycles. The highest BCUT2D eigenvalue weighted by atomic mass is 79.9. The van der Waals surface area contributed by atoms with Gasteiger partial charge in [-0.1, -0.05) is 0 Å². The summed E-state index contributed by atoms with van der Waals surface area (Å²) in [6, 6.07) is 2.15. The van der Waals surface area contributed by atoms with E-state index in [1.807, 2.05) is 0 Å². The Bertz CT molecular complexity index is 422. The van der Waals surface area contributed by atoms with Crippen LogP contribution in [0.2, 0.25) is 0 Å². The summed E-state index contributed by atoms with van der Waals surface area (Å²) in [4.78, 5) is 20.1. The van der Waals surface area contributed by atoms with Crippen molar-refractivity contribution in [2.24, 2.45) is 5.73 Å². The van der Waals surface area contributed by atoms with E-state index >= 15 is 0 Å². The number of carbonyl (C=O) groups excluding carboxylic acids is 1. The number of hydrogen-bond acceptors (Lipinski definition) is 3. The van der Waals surface area contributed by atoms with Crippen molar-refractivity contribution in [3.63, 3.8) is 0 Å². The van der Waals surface area contributed by atoms with Gasteiger partial charge in [0.05, 0.1) is 10.5 Å². The highest BCUT2D eigenvalue weighted by Gasteiger charge is 2.23. The van der Waals surface area contributed by atoms with Gasteiger partial charge in [0, 0.05) is 10.5 Å². The van der Waals surface area contributed by atoms with Gasteiger partial charge < -0.3 is 5.73 Å². The number of nitrogens with two attached hydrogens (primary N) is 1. The quantitative estimate of drug-likeness (QED) is 0.649. The van der Waals surface area contributed by atoms with E-state index in [1.54, 1.807) is 0 Å². The van der Waals surface area contributed by atoms with Crippen LogP contribution in [-0.2, 0) is 0 Å². The second-order valence-electron chi connectivity index (χ2n) is 2.38.